The maximum Gasteiger partial charge on any atom is 0.259 e. The van der Waals surface area contributed by atoms with Gasteiger partial charge < -0.3 is 10.3 Å². The number of aromatic amines is 1. The number of hydrogen-bond acceptors (Lipinski definition) is 4. The topological polar surface area (TPSA) is 57.8 Å². The van der Waals surface area contributed by atoms with E-state index < -0.39 is 0 Å². The highest BCUT2D eigenvalue weighted by atomic mass is 32.1. The summed E-state index contributed by atoms with van der Waals surface area (Å²) in [5.74, 6) is 0.709. The van der Waals surface area contributed by atoms with Gasteiger partial charge >= 0.3 is 0 Å². The van der Waals surface area contributed by atoms with Gasteiger partial charge in [0.1, 0.15) is 10.7 Å². The Bertz CT molecular complexity index is 823. The van der Waals surface area contributed by atoms with Crippen molar-refractivity contribution in [3.05, 3.63) is 52.6 Å². The first-order chi connectivity index (χ1) is 11.3. The molecule has 2 aromatic heterocycles. The zero-order valence-corrected chi connectivity index (χ0v) is 14.1. The van der Waals surface area contributed by atoms with Crippen molar-refractivity contribution in [3.63, 3.8) is 0 Å². The molecule has 2 heterocycles. The van der Waals surface area contributed by atoms with Crippen molar-refractivity contribution in [3.8, 4) is 10.4 Å². The van der Waals surface area contributed by atoms with Crippen molar-refractivity contribution in [2.75, 3.05) is 6.54 Å². The van der Waals surface area contributed by atoms with Crippen LogP contribution in [-0.4, -0.2) is 16.5 Å². The molecule has 2 N–H and O–H groups in total. The molecule has 0 amide bonds. The largest absolute Gasteiger partial charge is 0.310 e. The molecule has 3 rings (SSSR count). The minimum atomic E-state index is -0.0567. The van der Waals surface area contributed by atoms with Crippen LogP contribution in [0.1, 0.15) is 32.0 Å². The summed E-state index contributed by atoms with van der Waals surface area (Å²) in [6, 6.07) is 12.0. The molecule has 0 aliphatic rings. The number of unbranched alkanes of at least 4 members (excludes halogenated alkanes) is 2. The minimum Gasteiger partial charge on any atom is -0.310 e. The summed E-state index contributed by atoms with van der Waals surface area (Å²) in [4.78, 5) is 21.6. The highest BCUT2D eigenvalue weighted by Gasteiger charge is 2.10. The van der Waals surface area contributed by atoms with Crippen LogP contribution in [0.5, 0.6) is 0 Å². The first-order valence-electron chi connectivity index (χ1n) is 8.07. The lowest BCUT2D eigenvalue weighted by Gasteiger charge is -2.03. The van der Waals surface area contributed by atoms with E-state index in [1.807, 2.05) is 24.3 Å². The van der Waals surface area contributed by atoms with Crippen LogP contribution in [0, 0.1) is 0 Å². The third kappa shape index (κ3) is 3.86. The third-order valence-electron chi connectivity index (χ3n) is 3.76. The van der Waals surface area contributed by atoms with Gasteiger partial charge in [-0.05, 0) is 24.6 Å². The maximum atomic E-state index is 12.3. The lowest BCUT2D eigenvalue weighted by molar-refractivity contribution is 0.603. The van der Waals surface area contributed by atoms with Crippen molar-refractivity contribution >= 4 is 21.6 Å². The van der Waals surface area contributed by atoms with Crippen LogP contribution in [0.15, 0.2) is 41.2 Å². The van der Waals surface area contributed by atoms with Gasteiger partial charge in [-0.2, -0.15) is 0 Å². The molecule has 5 heteroatoms. The predicted octanol–water partition coefficient (Wildman–Crippen LogP) is 3.93. The zero-order chi connectivity index (χ0) is 16.1. The lowest BCUT2D eigenvalue weighted by atomic mass is 10.2. The maximum absolute atomic E-state index is 12.3. The fourth-order valence-electron chi connectivity index (χ4n) is 2.51. The van der Waals surface area contributed by atoms with E-state index in [4.69, 9.17) is 0 Å². The Morgan fingerprint density at radius 2 is 2.04 bits per heavy atom. The molecule has 0 aliphatic heterocycles. The summed E-state index contributed by atoms with van der Waals surface area (Å²) in [5, 5.41) is 4.01. The lowest BCUT2D eigenvalue weighted by Crippen LogP contribution is -2.19. The van der Waals surface area contributed by atoms with Crippen LogP contribution in [0.4, 0.5) is 0 Å². The molecule has 3 aromatic rings. The molecule has 1 aromatic carbocycles. The quantitative estimate of drug-likeness (QED) is 0.646. The van der Waals surface area contributed by atoms with Crippen molar-refractivity contribution in [2.45, 2.75) is 32.7 Å². The molecular formula is C18H21N3OS. The van der Waals surface area contributed by atoms with Crippen LogP contribution in [0.3, 0.4) is 0 Å². The number of hydrogen-bond donors (Lipinski definition) is 2. The molecule has 4 nitrogen and oxygen atoms in total. The standard InChI is InChI=1S/C18H21N3OS/c1-2-3-7-10-19-12-16-20-17(22)14-11-15(23-18(14)21-16)13-8-5-4-6-9-13/h4-6,8-9,11,19H,2-3,7,10,12H2,1H3,(H,20,21,22). The van der Waals surface area contributed by atoms with E-state index in [1.54, 1.807) is 11.3 Å². The minimum absolute atomic E-state index is 0.0567. The van der Waals surface area contributed by atoms with Gasteiger partial charge in [0.2, 0.25) is 0 Å². The smallest absolute Gasteiger partial charge is 0.259 e. The second kappa shape index (κ2) is 7.53. The second-order valence-corrected chi connectivity index (χ2v) is 6.62. The van der Waals surface area contributed by atoms with Gasteiger partial charge in [0.15, 0.2) is 0 Å². The number of fused-ring (bicyclic) bond motifs is 1. The van der Waals surface area contributed by atoms with E-state index in [0.717, 1.165) is 28.2 Å². The van der Waals surface area contributed by atoms with Gasteiger partial charge in [0.25, 0.3) is 5.56 Å². The van der Waals surface area contributed by atoms with Crippen LogP contribution in [-0.2, 0) is 6.54 Å². The van der Waals surface area contributed by atoms with E-state index in [2.05, 4.69) is 34.3 Å². The molecule has 0 saturated carbocycles. The van der Waals surface area contributed by atoms with E-state index in [-0.39, 0.29) is 5.56 Å². The van der Waals surface area contributed by atoms with Crippen LogP contribution < -0.4 is 10.9 Å². The van der Waals surface area contributed by atoms with Gasteiger partial charge in [0.05, 0.1) is 11.9 Å². The number of thiophene rings is 1. The van der Waals surface area contributed by atoms with Gasteiger partial charge in [-0.1, -0.05) is 50.1 Å². The number of benzene rings is 1. The molecule has 0 saturated heterocycles. The number of nitrogens with zero attached hydrogens (tertiary/aromatic N) is 1. The predicted molar refractivity (Wildman–Crippen MR) is 96.9 cm³/mol. The number of rotatable bonds is 7. The normalized spacial score (nSPS) is 11.2. The summed E-state index contributed by atoms with van der Waals surface area (Å²) >= 11 is 1.57. The van der Waals surface area contributed by atoms with Crippen LogP contribution >= 0.6 is 11.3 Å². The Hall–Kier alpha value is -1.98. The second-order valence-electron chi connectivity index (χ2n) is 5.59. The first-order valence-corrected chi connectivity index (χ1v) is 8.88. The van der Waals surface area contributed by atoms with Crippen molar-refractivity contribution < 1.29 is 0 Å². The Morgan fingerprint density at radius 1 is 1.22 bits per heavy atom. The average Bonchev–Trinajstić information content (AvgIpc) is 3.00. The molecule has 0 unspecified atom stereocenters. The van der Waals surface area contributed by atoms with Crippen LogP contribution in [0.25, 0.3) is 20.7 Å². The summed E-state index contributed by atoms with van der Waals surface area (Å²) in [5.41, 5.74) is 1.06. The molecular weight excluding hydrogens is 306 g/mol. The SMILES string of the molecule is CCCCCNCc1nc2sc(-c3ccccc3)cc2c(=O)[nH]1. The van der Waals surface area contributed by atoms with E-state index in [1.165, 1.54) is 12.8 Å². The van der Waals surface area contributed by atoms with Crippen molar-refractivity contribution in [1.29, 1.82) is 0 Å². The fourth-order valence-corrected chi connectivity index (χ4v) is 3.57. The molecule has 120 valence electrons. The molecule has 0 spiro atoms. The molecule has 0 aliphatic carbocycles. The highest BCUT2D eigenvalue weighted by molar-refractivity contribution is 7.21. The van der Waals surface area contributed by atoms with E-state index in [0.29, 0.717) is 17.8 Å². The van der Waals surface area contributed by atoms with E-state index >= 15 is 0 Å². The molecule has 23 heavy (non-hydrogen) atoms. The number of aromatic nitrogens is 2. The zero-order valence-electron chi connectivity index (χ0n) is 13.3. The van der Waals surface area contributed by atoms with Gasteiger partial charge in [-0.15, -0.1) is 11.3 Å². The van der Waals surface area contributed by atoms with Gasteiger partial charge in [-0.3, -0.25) is 4.79 Å². The van der Waals surface area contributed by atoms with Crippen molar-refractivity contribution in [2.24, 2.45) is 0 Å². The molecule has 0 radical (unpaired) electrons. The average molecular weight is 327 g/mol. The summed E-state index contributed by atoms with van der Waals surface area (Å²) in [7, 11) is 0. The van der Waals surface area contributed by atoms with Crippen molar-refractivity contribution in [1.82, 2.24) is 15.3 Å². The summed E-state index contributed by atoms with van der Waals surface area (Å²) in [6.45, 7) is 3.75. The Labute approximate surface area is 139 Å². The van der Waals surface area contributed by atoms with Gasteiger partial charge in [-0.25, -0.2) is 4.98 Å². The highest BCUT2D eigenvalue weighted by Crippen LogP contribution is 2.30. The Balaban J connectivity index is 1.80. The van der Waals surface area contributed by atoms with Crippen LogP contribution in [0.2, 0.25) is 0 Å². The monoisotopic (exact) mass is 327 g/mol. The fraction of sp³-hybridized carbons (Fsp3) is 0.333. The molecule has 0 bridgehead atoms. The van der Waals surface area contributed by atoms with Gasteiger partial charge in [0, 0.05) is 4.88 Å². The number of nitrogens with one attached hydrogen (secondary N) is 2. The third-order valence-corrected chi connectivity index (χ3v) is 4.84. The Morgan fingerprint density at radius 3 is 2.83 bits per heavy atom. The first kappa shape index (κ1) is 15.9. The molecule has 0 fully saturated rings. The number of H-pyrrole nitrogens is 1. The van der Waals surface area contributed by atoms with E-state index in [9.17, 15) is 4.79 Å². The Kier molecular flexibility index (Phi) is 5.20. The molecule has 0 atom stereocenters. The summed E-state index contributed by atoms with van der Waals surface area (Å²) in [6.07, 6.45) is 3.58. The summed E-state index contributed by atoms with van der Waals surface area (Å²) < 4.78 is 0.